The highest BCUT2D eigenvalue weighted by molar-refractivity contribution is 14.2. The van der Waals surface area contributed by atoms with Crippen molar-refractivity contribution in [2.75, 3.05) is 0 Å². The molecular formula is C14H23BIN2O3P. The molecule has 1 atom stereocenters. The molecule has 2 aliphatic rings. The number of aryl methyl sites for hydroxylation is 1. The quantitative estimate of drug-likeness (QED) is 0.414. The highest BCUT2D eigenvalue weighted by Crippen LogP contribution is 2.37. The van der Waals surface area contributed by atoms with Gasteiger partial charge in [-0.2, -0.15) is 5.10 Å². The molecule has 1 saturated heterocycles. The molecule has 5 nitrogen and oxygen atoms in total. The van der Waals surface area contributed by atoms with Crippen LogP contribution in [0.5, 0.6) is 0 Å². The summed E-state index contributed by atoms with van der Waals surface area (Å²) in [6.45, 7) is 10.3. The summed E-state index contributed by atoms with van der Waals surface area (Å²) in [4.78, 5) is 0. The van der Waals surface area contributed by atoms with Crippen LogP contribution in [0.15, 0.2) is 0 Å². The summed E-state index contributed by atoms with van der Waals surface area (Å²) in [7, 11) is -0.344. The zero-order valence-corrected chi connectivity index (χ0v) is 16.8. The van der Waals surface area contributed by atoms with E-state index in [0.717, 1.165) is 24.1 Å². The summed E-state index contributed by atoms with van der Waals surface area (Å²) in [5.41, 5.74) is 2.68. The van der Waals surface area contributed by atoms with Crippen LogP contribution < -0.4 is 5.46 Å². The fourth-order valence-electron chi connectivity index (χ4n) is 3.00. The molecule has 3 heterocycles. The van der Waals surface area contributed by atoms with Gasteiger partial charge in [0.15, 0.2) is 0 Å². The van der Waals surface area contributed by atoms with Crippen molar-refractivity contribution in [1.82, 2.24) is 9.78 Å². The van der Waals surface area contributed by atoms with Gasteiger partial charge < -0.3 is 13.8 Å². The molecule has 1 aromatic heterocycles. The average Bonchev–Trinajstić information content (AvgIpc) is 2.91. The highest BCUT2D eigenvalue weighted by atomic mass is 127. The van der Waals surface area contributed by atoms with Crippen LogP contribution in [-0.4, -0.2) is 28.1 Å². The minimum absolute atomic E-state index is 0.329. The Kier molecular flexibility index (Phi) is 4.92. The predicted molar refractivity (Wildman–Crippen MR) is 98.0 cm³/mol. The first-order valence-electron chi connectivity index (χ1n) is 7.77. The molecule has 1 aromatic rings. The topological polar surface area (TPSA) is 45.5 Å². The maximum atomic E-state index is 6.26. The van der Waals surface area contributed by atoms with Gasteiger partial charge in [0.2, 0.25) is 0 Å². The van der Waals surface area contributed by atoms with Gasteiger partial charge in [-0.05, 0) is 69.0 Å². The van der Waals surface area contributed by atoms with E-state index >= 15 is 0 Å². The van der Waals surface area contributed by atoms with Crippen molar-refractivity contribution in [2.24, 2.45) is 0 Å². The van der Waals surface area contributed by atoms with Gasteiger partial charge in [-0.15, -0.1) is 0 Å². The summed E-state index contributed by atoms with van der Waals surface area (Å²) >= 11 is 2.24. The molecule has 8 heteroatoms. The Morgan fingerprint density at radius 2 is 1.95 bits per heavy atom. The van der Waals surface area contributed by atoms with E-state index in [9.17, 15) is 0 Å². The van der Waals surface area contributed by atoms with E-state index in [0.29, 0.717) is 13.1 Å². The van der Waals surface area contributed by atoms with E-state index in [1.54, 1.807) is 0 Å². The van der Waals surface area contributed by atoms with Gasteiger partial charge in [0, 0.05) is 17.7 Å². The Hall–Kier alpha value is 0.315. The highest BCUT2D eigenvalue weighted by Gasteiger charge is 2.53. The van der Waals surface area contributed by atoms with Crippen LogP contribution >= 0.6 is 28.5 Å². The Balaban J connectivity index is 1.97. The van der Waals surface area contributed by atoms with E-state index in [1.807, 2.05) is 0 Å². The number of rotatable bonds is 4. The number of halogens is 1. The number of hydrogen-bond acceptors (Lipinski definition) is 4. The van der Waals surface area contributed by atoms with Crippen LogP contribution in [0.4, 0.5) is 0 Å². The van der Waals surface area contributed by atoms with Crippen LogP contribution in [0.2, 0.25) is 0 Å². The van der Waals surface area contributed by atoms with E-state index < -0.39 is 0 Å². The minimum atomic E-state index is -0.344. The third kappa shape index (κ3) is 2.99. The van der Waals surface area contributed by atoms with Crippen LogP contribution in [0.1, 0.15) is 51.9 Å². The summed E-state index contributed by atoms with van der Waals surface area (Å²) in [5.74, 6) is 0. The zero-order valence-electron chi connectivity index (χ0n) is 13.6. The van der Waals surface area contributed by atoms with E-state index in [1.165, 1.54) is 18.5 Å². The fraction of sp³-hybridized carbons (Fsp3) is 0.786. The van der Waals surface area contributed by atoms with E-state index in [-0.39, 0.29) is 18.3 Å². The Bertz CT molecular complexity index is 549. The normalized spacial score (nSPS) is 23.4. The summed E-state index contributed by atoms with van der Waals surface area (Å²) in [5, 5.41) is 4.76. The Morgan fingerprint density at radius 1 is 1.27 bits per heavy atom. The maximum Gasteiger partial charge on any atom is 0.498 e. The van der Waals surface area contributed by atoms with Crippen molar-refractivity contribution >= 4 is 41.1 Å². The first-order chi connectivity index (χ1) is 10.4. The first kappa shape index (κ1) is 17.1. The Morgan fingerprint density at radius 3 is 2.59 bits per heavy atom. The molecule has 2 aliphatic heterocycles. The number of aromatic nitrogens is 2. The molecule has 1 unspecified atom stereocenters. The molecule has 0 bridgehead atoms. The van der Waals surface area contributed by atoms with Crippen molar-refractivity contribution in [2.45, 2.75) is 71.3 Å². The first-order valence-corrected chi connectivity index (χ1v) is 11.8. The number of hydrogen-bond donors (Lipinski definition) is 0. The number of nitrogens with zero attached hydrogens (tertiary/aromatic N) is 2. The second kappa shape index (κ2) is 6.32. The lowest BCUT2D eigenvalue weighted by molar-refractivity contribution is 0.00578. The largest absolute Gasteiger partial charge is 0.498 e. The second-order valence-corrected chi connectivity index (χ2v) is 8.71. The van der Waals surface area contributed by atoms with Crippen molar-refractivity contribution in [3.63, 3.8) is 0 Å². The van der Waals surface area contributed by atoms with Crippen molar-refractivity contribution in [1.29, 1.82) is 0 Å². The maximum absolute atomic E-state index is 6.26. The third-order valence-electron chi connectivity index (χ3n) is 4.96. The summed E-state index contributed by atoms with van der Waals surface area (Å²) in [6.07, 6.45) is 3.43. The van der Waals surface area contributed by atoms with Gasteiger partial charge in [0.05, 0.1) is 30.0 Å². The Labute approximate surface area is 147 Å². The molecule has 0 aromatic carbocycles. The van der Waals surface area contributed by atoms with Gasteiger partial charge in [0.1, 0.15) is 0 Å². The lowest BCUT2D eigenvalue weighted by Gasteiger charge is -2.32. The van der Waals surface area contributed by atoms with Crippen LogP contribution in [-0.2, 0) is 33.4 Å². The molecule has 0 N–H and O–H groups in total. The molecule has 0 radical (unpaired) electrons. The molecule has 0 spiro atoms. The molecular weight excluding hydrogens is 413 g/mol. The lowest BCUT2D eigenvalue weighted by atomic mass is 9.75. The summed E-state index contributed by atoms with van der Waals surface area (Å²) < 4.78 is 20.3. The predicted octanol–water partition coefficient (Wildman–Crippen LogP) is 2.98. The van der Waals surface area contributed by atoms with Crippen molar-refractivity contribution in [3.05, 3.63) is 11.4 Å². The van der Waals surface area contributed by atoms with Gasteiger partial charge in [-0.3, -0.25) is 4.68 Å². The van der Waals surface area contributed by atoms with Crippen LogP contribution in [0.3, 0.4) is 0 Å². The van der Waals surface area contributed by atoms with Crippen LogP contribution in [0, 0.1) is 0 Å². The second-order valence-electron chi connectivity index (χ2n) is 6.94. The molecule has 0 amide bonds. The van der Waals surface area contributed by atoms with E-state index in [4.69, 9.17) is 18.9 Å². The number of fused-ring (bicyclic) bond motifs is 1. The lowest BCUT2D eigenvalue weighted by Crippen LogP contribution is -2.41. The van der Waals surface area contributed by atoms with Gasteiger partial charge >= 0.3 is 7.12 Å². The SMILES string of the molecule is CC1(C)OB(c2c(COPI)nn3c2CCCC3)OC1(C)C. The van der Waals surface area contributed by atoms with Gasteiger partial charge in [0.25, 0.3) is 0 Å². The summed E-state index contributed by atoms with van der Waals surface area (Å²) in [6, 6.07) is 0. The van der Waals surface area contributed by atoms with E-state index in [2.05, 4.69) is 54.4 Å². The molecule has 0 aliphatic carbocycles. The molecule has 1 fully saturated rings. The van der Waals surface area contributed by atoms with Crippen LogP contribution in [0.25, 0.3) is 0 Å². The standard InChI is InChI=1S/C14H23BIN2O3P/c1-13(2)14(3,4)21-15(20-13)12-10(9-19-22-16)17-18-8-6-5-7-11(12)18/h22H,5-9H2,1-4H3. The minimum Gasteiger partial charge on any atom is -0.399 e. The van der Waals surface area contributed by atoms with Gasteiger partial charge in [-0.1, -0.05) is 0 Å². The monoisotopic (exact) mass is 436 g/mol. The molecule has 0 saturated carbocycles. The smallest absolute Gasteiger partial charge is 0.399 e. The van der Waals surface area contributed by atoms with Crippen molar-refractivity contribution < 1.29 is 13.8 Å². The third-order valence-corrected chi connectivity index (χ3v) is 6.15. The molecule has 122 valence electrons. The fourth-order valence-corrected chi connectivity index (χ4v) is 3.66. The zero-order chi connectivity index (χ0) is 16.0. The molecule has 22 heavy (non-hydrogen) atoms. The van der Waals surface area contributed by atoms with Gasteiger partial charge in [-0.25, -0.2) is 0 Å². The van der Waals surface area contributed by atoms with Crippen molar-refractivity contribution in [3.8, 4) is 0 Å². The average molecular weight is 436 g/mol. The molecule has 3 rings (SSSR count).